The van der Waals surface area contributed by atoms with Gasteiger partial charge in [-0.25, -0.2) is 14.6 Å². The van der Waals surface area contributed by atoms with Crippen molar-refractivity contribution < 1.29 is 50.8 Å². The van der Waals surface area contributed by atoms with Crippen LogP contribution in [0.4, 0.5) is 4.79 Å². The van der Waals surface area contributed by atoms with Crippen LogP contribution in [0.2, 0.25) is 23.9 Å². The first kappa shape index (κ1) is 45.7. The molecule has 0 radical (unpaired) electrons. The van der Waals surface area contributed by atoms with Crippen molar-refractivity contribution in [2.75, 3.05) is 20.2 Å². The van der Waals surface area contributed by atoms with Gasteiger partial charge in [0.1, 0.15) is 16.9 Å². The number of carbonyl (C=O) groups excluding carboxylic acids is 3. The van der Waals surface area contributed by atoms with E-state index in [0.29, 0.717) is 33.0 Å². The highest BCUT2D eigenvalue weighted by atomic mass is 32.2. The number of hydrogen-bond donors (Lipinski definition) is 0. The summed E-state index contributed by atoms with van der Waals surface area (Å²) in [5, 5.41) is 1.97. The Kier molecular flexibility index (Phi) is 12.5. The summed E-state index contributed by atoms with van der Waals surface area (Å²) in [6.45, 7) is 23.5. The number of ketones is 1. The van der Waals surface area contributed by atoms with E-state index in [0.717, 1.165) is 17.3 Å². The Labute approximate surface area is 355 Å². The normalized spacial score (nSPS) is 26.4. The highest BCUT2D eigenvalue weighted by Gasteiger charge is 2.68. The monoisotopic (exact) mass is 875 g/mol. The predicted octanol–water partition coefficient (Wildman–Crippen LogP) is 8.08. The van der Waals surface area contributed by atoms with E-state index in [1.165, 1.54) is 18.4 Å². The minimum absolute atomic E-state index is 0.0711. The van der Waals surface area contributed by atoms with Crippen LogP contribution in [0.15, 0.2) is 23.6 Å². The molecule has 3 saturated carbocycles. The summed E-state index contributed by atoms with van der Waals surface area (Å²) in [5.74, 6) is -0.669. The van der Waals surface area contributed by atoms with E-state index < -0.39 is 66.6 Å². The number of thiazole rings is 1. The van der Waals surface area contributed by atoms with Crippen molar-refractivity contribution in [1.82, 2.24) is 13.8 Å². The van der Waals surface area contributed by atoms with Gasteiger partial charge in [-0.05, 0) is 107 Å². The minimum Gasteiger partial charge on any atom is -0.496 e. The van der Waals surface area contributed by atoms with Gasteiger partial charge in [0.15, 0.2) is 5.78 Å². The van der Waals surface area contributed by atoms with Gasteiger partial charge in [0, 0.05) is 30.7 Å². The van der Waals surface area contributed by atoms with Crippen LogP contribution < -0.4 is 4.74 Å². The number of ether oxygens (including phenoxy) is 3. The van der Waals surface area contributed by atoms with Crippen LogP contribution in [0.3, 0.4) is 0 Å². The standard InChI is InChI=1S/C41H62BN3O11S2Si/c1-25-43-30(24-57-25)35(52-37(48)44-18-15-19-45(58(44,49)50)56-59(12,13)39(5,6)7)31(46)23-28(42-54-33-22-27-21-32(40(27,8)9)41(33,10)55-42)20-26-16-14-17-29(34(26)51-11)36(47)53-38(2,3)4/h14,16-17,24,27-28,32-33,35H,15,18-23H2,1-13H3/t27-,28+,32-,33+,35?,41-/m0/s1. The summed E-state index contributed by atoms with van der Waals surface area (Å²) >= 11 is 1.28. The third kappa shape index (κ3) is 8.91. The minimum atomic E-state index is -4.46. The van der Waals surface area contributed by atoms with E-state index in [1.807, 2.05) is 39.9 Å². The number of hydrogen-bond acceptors (Lipinski definition) is 13. The molecule has 2 aliphatic heterocycles. The number of rotatable bonds is 12. The van der Waals surface area contributed by atoms with Gasteiger partial charge in [-0.15, -0.1) is 11.3 Å². The van der Waals surface area contributed by atoms with Crippen molar-refractivity contribution in [3.8, 4) is 5.75 Å². The van der Waals surface area contributed by atoms with Gasteiger partial charge in [0.2, 0.25) is 14.4 Å². The maximum absolute atomic E-state index is 14.8. The zero-order chi connectivity index (χ0) is 43.7. The Balaban J connectivity index is 1.31. The van der Waals surface area contributed by atoms with Crippen molar-refractivity contribution in [2.24, 2.45) is 17.3 Å². The number of aromatic nitrogens is 1. The van der Waals surface area contributed by atoms with Crippen molar-refractivity contribution in [3.63, 3.8) is 0 Å². The second-order valence-corrected chi connectivity index (χ2v) is 27.3. The molecule has 7 rings (SSSR count). The second kappa shape index (κ2) is 16.1. The maximum atomic E-state index is 14.8. The van der Waals surface area contributed by atoms with E-state index >= 15 is 0 Å². The summed E-state index contributed by atoms with van der Waals surface area (Å²) in [6.07, 6.45) is -0.776. The number of benzene rings is 1. The fraction of sp³-hybridized carbons (Fsp3) is 0.707. The van der Waals surface area contributed by atoms with E-state index in [4.69, 9.17) is 28.0 Å². The molecule has 5 fully saturated rings. The molecular weight excluding hydrogens is 813 g/mol. The molecule has 1 aromatic carbocycles. The van der Waals surface area contributed by atoms with E-state index in [-0.39, 0.29) is 59.7 Å². The molecule has 326 valence electrons. The number of carbonyl (C=O) groups is 3. The molecule has 2 bridgehead atoms. The first-order valence-electron chi connectivity index (χ1n) is 20.6. The number of aryl methyl sites for hydroxylation is 1. The van der Waals surface area contributed by atoms with Crippen molar-refractivity contribution in [3.05, 3.63) is 45.4 Å². The van der Waals surface area contributed by atoms with Gasteiger partial charge in [-0.3, -0.25) is 4.79 Å². The summed E-state index contributed by atoms with van der Waals surface area (Å²) in [6, 6.07) is 5.20. The van der Waals surface area contributed by atoms with Crippen LogP contribution in [-0.2, 0) is 44.7 Å². The molecule has 6 atom stereocenters. The quantitative estimate of drug-likeness (QED) is 0.149. The molecule has 3 heterocycles. The highest BCUT2D eigenvalue weighted by Crippen LogP contribution is 2.66. The largest absolute Gasteiger partial charge is 0.496 e. The Morgan fingerprint density at radius 3 is 2.37 bits per heavy atom. The predicted molar refractivity (Wildman–Crippen MR) is 227 cm³/mol. The summed E-state index contributed by atoms with van der Waals surface area (Å²) in [5.41, 5.74) is -0.213. The maximum Gasteiger partial charge on any atom is 0.461 e. The number of hydroxylamine groups is 1. The van der Waals surface area contributed by atoms with E-state index in [2.05, 4.69) is 25.8 Å². The zero-order valence-electron chi connectivity index (χ0n) is 36.9. The van der Waals surface area contributed by atoms with E-state index in [9.17, 15) is 22.8 Å². The number of amides is 1. The number of Topliss-reactive ketones (excluding diaryl/α,β-unsaturated/α-hetero) is 1. The fourth-order valence-corrected chi connectivity index (χ4v) is 12.4. The highest BCUT2D eigenvalue weighted by molar-refractivity contribution is 7.87. The van der Waals surface area contributed by atoms with Crippen LogP contribution in [0, 0.1) is 24.2 Å². The summed E-state index contributed by atoms with van der Waals surface area (Å²) in [4.78, 5) is 46.7. The molecular formula is C41H62BN3O11S2Si. The lowest BCUT2D eigenvalue weighted by Gasteiger charge is -2.64. The van der Waals surface area contributed by atoms with Gasteiger partial charge < -0.3 is 28.0 Å². The molecule has 18 heteroatoms. The molecule has 3 aliphatic carbocycles. The average Bonchev–Trinajstić information content (AvgIpc) is 3.71. The van der Waals surface area contributed by atoms with Crippen LogP contribution in [0.5, 0.6) is 5.75 Å². The van der Waals surface area contributed by atoms with Gasteiger partial charge >= 0.3 is 29.4 Å². The first-order chi connectivity index (χ1) is 27.2. The second-order valence-electron chi connectivity index (χ2n) is 19.8. The first-order valence-corrected chi connectivity index (χ1v) is 25.8. The van der Waals surface area contributed by atoms with Crippen molar-refractivity contribution >= 4 is 54.8 Å². The molecule has 2 saturated heterocycles. The topological polar surface area (TPSA) is 160 Å². The van der Waals surface area contributed by atoms with Crippen LogP contribution >= 0.6 is 11.3 Å². The number of esters is 1. The molecule has 0 N–H and O–H groups in total. The molecule has 1 aromatic heterocycles. The molecule has 1 unspecified atom stereocenters. The zero-order valence-corrected chi connectivity index (χ0v) is 39.5. The van der Waals surface area contributed by atoms with Gasteiger partial charge in [-0.1, -0.05) is 51.2 Å². The Bertz CT molecular complexity index is 2050. The smallest absolute Gasteiger partial charge is 0.461 e. The molecule has 5 aliphatic rings. The Morgan fingerprint density at radius 1 is 1.08 bits per heavy atom. The SMILES string of the molecule is COc1c(C[C@H](CC(=O)C(OC(=O)N2CCCN(O[Si](C)(C)C(C)(C)C)S2(=O)=O)c2csc(C)n2)B2O[C@@H]3C[C@@H]4C[C@@H](C4(C)C)[C@]3(C)O2)cccc1C(=O)OC(C)(C)C. The lowest BCUT2D eigenvalue weighted by Crippen LogP contribution is -2.65. The molecule has 1 amide bonds. The van der Waals surface area contributed by atoms with Crippen molar-refractivity contribution in [2.45, 2.75) is 149 Å². The average molecular weight is 876 g/mol. The van der Waals surface area contributed by atoms with Gasteiger partial charge in [-0.2, -0.15) is 12.7 Å². The number of methoxy groups -OCH3 is 1. The summed E-state index contributed by atoms with van der Waals surface area (Å²) < 4.78 is 66.7. The van der Waals surface area contributed by atoms with Gasteiger partial charge in [0.25, 0.3) is 0 Å². The molecule has 2 aromatic rings. The van der Waals surface area contributed by atoms with Crippen LogP contribution in [0.1, 0.15) is 121 Å². The van der Waals surface area contributed by atoms with Gasteiger partial charge in [0.05, 0.1) is 29.5 Å². The molecule has 0 spiro atoms. The molecule has 59 heavy (non-hydrogen) atoms. The Hall–Kier alpha value is -2.87. The molecule has 14 nitrogen and oxygen atoms in total. The summed E-state index contributed by atoms with van der Waals surface area (Å²) in [7, 11) is -6.43. The lowest BCUT2D eigenvalue weighted by atomic mass is 9.43. The lowest BCUT2D eigenvalue weighted by molar-refractivity contribution is -0.199. The number of para-hydroxylation sites is 1. The third-order valence-electron chi connectivity index (χ3n) is 13.2. The third-order valence-corrected chi connectivity index (χ3v) is 20.1. The number of nitrogens with zero attached hydrogens (tertiary/aromatic N) is 3. The Morgan fingerprint density at radius 2 is 1.78 bits per heavy atom. The van der Waals surface area contributed by atoms with E-state index in [1.54, 1.807) is 45.2 Å². The fourth-order valence-electron chi connectivity index (χ4n) is 8.80. The van der Waals surface area contributed by atoms with Crippen LogP contribution in [0.25, 0.3) is 0 Å². The van der Waals surface area contributed by atoms with Crippen LogP contribution in [-0.4, -0.2) is 93.0 Å². The van der Waals surface area contributed by atoms with Crippen molar-refractivity contribution in [1.29, 1.82) is 0 Å².